The first-order valence-electron chi connectivity index (χ1n) is 5.83. The van der Waals surface area contributed by atoms with Crippen LogP contribution in [0.4, 0.5) is 0 Å². The van der Waals surface area contributed by atoms with Gasteiger partial charge in [0.05, 0.1) is 17.9 Å². The zero-order chi connectivity index (χ0) is 12.7. The standard InChI is InChI=1S/C12H22O4/c1-5-6-7-10(11(13)14)9(4)12(15)16-8(2)3/h8-10H,5-7H2,1-4H3,(H,13,14). The highest BCUT2D eigenvalue weighted by atomic mass is 16.5. The maximum absolute atomic E-state index is 11.6. The van der Waals surface area contributed by atoms with Crippen LogP contribution in [0.5, 0.6) is 0 Å². The highest BCUT2D eigenvalue weighted by Crippen LogP contribution is 2.20. The fraction of sp³-hybridized carbons (Fsp3) is 0.833. The molecule has 0 radical (unpaired) electrons. The molecule has 0 aromatic heterocycles. The second kappa shape index (κ2) is 7.25. The zero-order valence-corrected chi connectivity index (χ0v) is 10.5. The van der Waals surface area contributed by atoms with E-state index >= 15 is 0 Å². The molecule has 0 aromatic rings. The Labute approximate surface area is 97.0 Å². The van der Waals surface area contributed by atoms with Crippen molar-refractivity contribution in [2.75, 3.05) is 0 Å². The lowest BCUT2D eigenvalue weighted by molar-refractivity contribution is -0.160. The first-order valence-corrected chi connectivity index (χ1v) is 5.83. The van der Waals surface area contributed by atoms with Crippen LogP contribution in [0.15, 0.2) is 0 Å². The molecule has 0 amide bonds. The molecule has 1 N–H and O–H groups in total. The molecule has 0 aliphatic rings. The number of rotatable bonds is 7. The van der Waals surface area contributed by atoms with E-state index in [1.165, 1.54) is 0 Å². The van der Waals surface area contributed by atoms with E-state index in [2.05, 4.69) is 0 Å². The molecule has 0 fully saturated rings. The van der Waals surface area contributed by atoms with Gasteiger partial charge in [-0.25, -0.2) is 0 Å². The van der Waals surface area contributed by atoms with Gasteiger partial charge in [-0.2, -0.15) is 0 Å². The average Bonchev–Trinajstić information content (AvgIpc) is 2.16. The monoisotopic (exact) mass is 230 g/mol. The maximum Gasteiger partial charge on any atom is 0.309 e. The van der Waals surface area contributed by atoms with Gasteiger partial charge in [0.15, 0.2) is 0 Å². The van der Waals surface area contributed by atoms with Crippen molar-refractivity contribution in [2.24, 2.45) is 11.8 Å². The molecule has 0 heterocycles. The molecule has 0 bridgehead atoms. The number of carboxylic acids is 1. The Morgan fingerprint density at radius 1 is 1.25 bits per heavy atom. The van der Waals surface area contributed by atoms with Gasteiger partial charge in [-0.3, -0.25) is 9.59 Å². The lowest BCUT2D eigenvalue weighted by Crippen LogP contribution is -2.30. The van der Waals surface area contributed by atoms with Gasteiger partial charge in [0.1, 0.15) is 0 Å². The van der Waals surface area contributed by atoms with Gasteiger partial charge >= 0.3 is 11.9 Å². The molecule has 4 nitrogen and oxygen atoms in total. The fourth-order valence-electron chi connectivity index (χ4n) is 1.52. The van der Waals surface area contributed by atoms with Gasteiger partial charge in [-0.05, 0) is 20.3 Å². The van der Waals surface area contributed by atoms with Gasteiger partial charge < -0.3 is 9.84 Å². The second-order valence-electron chi connectivity index (χ2n) is 4.36. The van der Waals surface area contributed by atoms with Crippen LogP contribution in [0.2, 0.25) is 0 Å². The van der Waals surface area contributed by atoms with Crippen molar-refractivity contribution in [1.29, 1.82) is 0 Å². The van der Waals surface area contributed by atoms with Crippen LogP contribution in [0.25, 0.3) is 0 Å². The number of aliphatic carboxylic acids is 1. The van der Waals surface area contributed by atoms with Crippen LogP contribution in [0, 0.1) is 11.8 Å². The molecule has 0 rings (SSSR count). The van der Waals surface area contributed by atoms with E-state index < -0.39 is 23.8 Å². The van der Waals surface area contributed by atoms with Crippen molar-refractivity contribution in [2.45, 2.75) is 53.1 Å². The lowest BCUT2D eigenvalue weighted by atomic mass is 9.89. The molecule has 4 heteroatoms. The summed E-state index contributed by atoms with van der Waals surface area (Å²) in [5.41, 5.74) is 0. The highest BCUT2D eigenvalue weighted by molar-refractivity contribution is 5.80. The molecular formula is C12H22O4. The summed E-state index contributed by atoms with van der Waals surface area (Å²) in [6.07, 6.45) is 2.07. The van der Waals surface area contributed by atoms with Crippen molar-refractivity contribution < 1.29 is 19.4 Å². The van der Waals surface area contributed by atoms with Crippen LogP contribution in [-0.4, -0.2) is 23.1 Å². The van der Waals surface area contributed by atoms with Crippen molar-refractivity contribution in [3.63, 3.8) is 0 Å². The molecule has 0 saturated carbocycles. The normalized spacial score (nSPS) is 14.6. The third kappa shape index (κ3) is 5.14. The number of ether oxygens (including phenoxy) is 1. The minimum absolute atomic E-state index is 0.199. The third-order valence-electron chi connectivity index (χ3n) is 2.51. The smallest absolute Gasteiger partial charge is 0.309 e. The minimum atomic E-state index is -0.915. The van der Waals surface area contributed by atoms with E-state index in [9.17, 15) is 9.59 Å². The molecule has 2 unspecified atom stereocenters. The van der Waals surface area contributed by atoms with Crippen molar-refractivity contribution >= 4 is 11.9 Å². The van der Waals surface area contributed by atoms with Gasteiger partial charge in [0.2, 0.25) is 0 Å². The van der Waals surface area contributed by atoms with Gasteiger partial charge in [0, 0.05) is 0 Å². The van der Waals surface area contributed by atoms with Crippen LogP contribution >= 0.6 is 0 Å². The Balaban J connectivity index is 4.41. The van der Waals surface area contributed by atoms with Crippen LogP contribution in [0.3, 0.4) is 0 Å². The van der Waals surface area contributed by atoms with Crippen molar-refractivity contribution in [3.8, 4) is 0 Å². The molecule has 0 aromatic carbocycles. The van der Waals surface area contributed by atoms with Crippen molar-refractivity contribution in [3.05, 3.63) is 0 Å². The van der Waals surface area contributed by atoms with Crippen LogP contribution < -0.4 is 0 Å². The molecule has 2 atom stereocenters. The summed E-state index contributed by atoms with van der Waals surface area (Å²) in [6.45, 7) is 7.13. The van der Waals surface area contributed by atoms with E-state index in [0.717, 1.165) is 12.8 Å². The van der Waals surface area contributed by atoms with E-state index in [4.69, 9.17) is 9.84 Å². The molecule has 94 valence electrons. The summed E-state index contributed by atoms with van der Waals surface area (Å²) < 4.78 is 5.02. The predicted octanol–water partition coefficient (Wildman–Crippen LogP) is 2.47. The first kappa shape index (κ1) is 14.9. The minimum Gasteiger partial charge on any atom is -0.481 e. The number of carbonyl (C=O) groups excluding carboxylic acids is 1. The molecular weight excluding hydrogens is 208 g/mol. The SMILES string of the molecule is CCCCC(C(=O)O)C(C)C(=O)OC(C)C. The Kier molecular flexibility index (Phi) is 6.77. The van der Waals surface area contributed by atoms with E-state index in [1.54, 1.807) is 20.8 Å². The Morgan fingerprint density at radius 3 is 2.19 bits per heavy atom. The Morgan fingerprint density at radius 2 is 1.81 bits per heavy atom. The Hall–Kier alpha value is -1.06. The summed E-state index contributed by atoms with van der Waals surface area (Å²) in [6, 6.07) is 0. The highest BCUT2D eigenvalue weighted by Gasteiger charge is 2.30. The number of carboxylic acid groups (broad SMARTS) is 1. The predicted molar refractivity (Wildman–Crippen MR) is 61.0 cm³/mol. The molecule has 0 aliphatic heterocycles. The lowest BCUT2D eigenvalue weighted by Gasteiger charge is -2.19. The summed E-state index contributed by atoms with van der Waals surface area (Å²) in [7, 11) is 0. The quantitative estimate of drug-likeness (QED) is 0.682. The average molecular weight is 230 g/mol. The van der Waals surface area contributed by atoms with Gasteiger partial charge in [-0.15, -0.1) is 0 Å². The van der Waals surface area contributed by atoms with E-state index in [0.29, 0.717) is 6.42 Å². The topological polar surface area (TPSA) is 63.6 Å². The third-order valence-corrected chi connectivity index (χ3v) is 2.51. The van der Waals surface area contributed by atoms with Crippen LogP contribution in [0.1, 0.15) is 47.0 Å². The van der Waals surface area contributed by atoms with Crippen LogP contribution in [-0.2, 0) is 14.3 Å². The van der Waals surface area contributed by atoms with Gasteiger partial charge in [0.25, 0.3) is 0 Å². The summed E-state index contributed by atoms with van der Waals surface area (Å²) in [4.78, 5) is 22.6. The number of esters is 1. The first-order chi connectivity index (χ1) is 7.40. The maximum atomic E-state index is 11.6. The van der Waals surface area contributed by atoms with Gasteiger partial charge in [-0.1, -0.05) is 26.7 Å². The largest absolute Gasteiger partial charge is 0.481 e. The fourth-order valence-corrected chi connectivity index (χ4v) is 1.52. The summed E-state index contributed by atoms with van der Waals surface area (Å²) in [5, 5.41) is 9.05. The van der Waals surface area contributed by atoms with E-state index in [-0.39, 0.29) is 6.10 Å². The summed E-state index contributed by atoms with van der Waals surface area (Å²) in [5.74, 6) is -2.54. The number of hydrogen-bond acceptors (Lipinski definition) is 3. The number of unbranched alkanes of at least 4 members (excludes halogenated alkanes) is 1. The zero-order valence-electron chi connectivity index (χ0n) is 10.5. The molecule has 0 aliphatic carbocycles. The Bertz CT molecular complexity index is 235. The molecule has 0 saturated heterocycles. The number of carbonyl (C=O) groups is 2. The molecule has 16 heavy (non-hydrogen) atoms. The van der Waals surface area contributed by atoms with E-state index in [1.807, 2.05) is 6.92 Å². The number of hydrogen-bond donors (Lipinski definition) is 1. The summed E-state index contributed by atoms with van der Waals surface area (Å²) >= 11 is 0. The molecule has 0 spiro atoms. The van der Waals surface area contributed by atoms with Crippen molar-refractivity contribution in [1.82, 2.24) is 0 Å². The second-order valence-corrected chi connectivity index (χ2v) is 4.36.